The second kappa shape index (κ2) is 8.57. The van der Waals surface area contributed by atoms with E-state index in [2.05, 4.69) is 31.2 Å². The number of halogens is 3. The summed E-state index contributed by atoms with van der Waals surface area (Å²) >= 11 is 3.48. The summed E-state index contributed by atoms with van der Waals surface area (Å²) in [6.45, 7) is 0.863. The van der Waals surface area contributed by atoms with Crippen LogP contribution in [0.5, 0.6) is 0 Å². The van der Waals surface area contributed by atoms with E-state index in [1.807, 2.05) is 0 Å². The molecule has 1 aliphatic rings. The molecule has 0 bridgehead atoms. The molecule has 0 amide bonds. The molecule has 0 aliphatic carbocycles. The van der Waals surface area contributed by atoms with Crippen molar-refractivity contribution >= 4 is 40.0 Å². The number of aryl methyl sites for hydroxylation is 1. The SMILES string of the molecule is Cl.Fc1cccc(Nc2ncc(Br)c(CCC3CCCO3)n2)c1. The molecule has 3 rings (SSSR count). The first-order chi connectivity index (χ1) is 10.7. The average Bonchev–Trinajstić information content (AvgIpc) is 3.01. The first-order valence-electron chi connectivity index (χ1n) is 7.36. The summed E-state index contributed by atoms with van der Waals surface area (Å²) < 4.78 is 19.7. The minimum Gasteiger partial charge on any atom is -0.378 e. The van der Waals surface area contributed by atoms with Crippen LogP contribution in [0.4, 0.5) is 16.0 Å². The molecule has 1 N–H and O–H groups in total. The predicted octanol–water partition coefficient (Wildman–Crippen LogP) is 4.66. The number of benzene rings is 1. The minimum atomic E-state index is -0.291. The molecule has 0 saturated carbocycles. The summed E-state index contributed by atoms with van der Waals surface area (Å²) in [5.74, 6) is 0.178. The van der Waals surface area contributed by atoms with Gasteiger partial charge in [-0.05, 0) is 59.8 Å². The van der Waals surface area contributed by atoms with Gasteiger partial charge in [-0.3, -0.25) is 0 Å². The lowest BCUT2D eigenvalue weighted by Crippen LogP contribution is -2.08. The molecule has 1 saturated heterocycles. The Bertz CT molecular complexity index is 653. The van der Waals surface area contributed by atoms with E-state index >= 15 is 0 Å². The van der Waals surface area contributed by atoms with Crippen molar-refractivity contribution in [3.63, 3.8) is 0 Å². The summed E-state index contributed by atoms with van der Waals surface area (Å²) in [7, 11) is 0. The third-order valence-electron chi connectivity index (χ3n) is 3.62. The number of hydrogen-bond acceptors (Lipinski definition) is 4. The molecule has 7 heteroatoms. The van der Waals surface area contributed by atoms with Crippen molar-refractivity contribution in [3.05, 3.63) is 46.4 Å². The van der Waals surface area contributed by atoms with E-state index in [1.54, 1.807) is 18.3 Å². The molecule has 1 aromatic heterocycles. The van der Waals surface area contributed by atoms with E-state index in [0.29, 0.717) is 17.7 Å². The Morgan fingerprint density at radius 1 is 1.39 bits per heavy atom. The third kappa shape index (κ3) is 5.12. The maximum absolute atomic E-state index is 13.2. The molecule has 2 heterocycles. The third-order valence-corrected chi connectivity index (χ3v) is 4.29. The highest BCUT2D eigenvalue weighted by molar-refractivity contribution is 9.10. The molecule has 0 spiro atoms. The molecule has 1 aliphatic heterocycles. The molecule has 1 aromatic carbocycles. The Hall–Kier alpha value is -1.24. The number of anilines is 2. The van der Waals surface area contributed by atoms with Gasteiger partial charge in [0, 0.05) is 18.5 Å². The molecule has 4 nitrogen and oxygen atoms in total. The van der Waals surface area contributed by atoms with Gasteiger partial charge in [0.25, 0.3) is 0 Å². The van der Waals surface area contributed by atoms with Crippen molar-refractivity contribution in [2.45, 2.75) is 31.8 Å². The Balaban J connectivity index is 0.00000192. The van der Waals surface area contributed by atoms with E-state index in [4.69, 9.17) is 4.74 Å². The van der Waals surface area contributed by atoms with Crippen LogP contribution in [0.15, 0.2) is 34.9 Å². The van der Waals surface area contributed by atoms with Crippen LogP contribution in [0.25, 0.3) is 0 Å². The van der Waals surface area contributed by atoms with Gasteiger partial charge in [0.1, 0.15) is 5.82 Å². The van der Waals surface area contributed by atoms with Crippen LogP contribution in [-0.2, 0) is 11.2 Å². The van der Waals surface area contributed by atoms with E-state index < -0.39 is 0 Å². The van der Waals surface area contributed by atoms with Gasteiger partial charge in [-0.1, -0.05) is 6.07 Å². The molecule has 1 unspecified atom stereocenters. The number of nitrogens with one attached hydrogen (secondary N) is 1. The Morgan fingerprint density at radius 3 is 3.00 bits per heavy atom. The Kier molecular flexibility index (Phi) is 6.74. The van der Waals surface area contributed by atoms with Gasteiger partial charge in [0.05, 0.1) is 16.3 Å². The topological polar surface area (TPSA) is 47.0 Å². The predicted molar refractivity (Wildman–Crippen MR) is 94.0 cm³/mol. The molecular weight excluding hydrogens is 385 g/mol. The van der Waals surface area contributed by atoms with Gasteiger partial charge in [-0.25, -0.2) is 14.4 Å². The van der Waals surface area contributed by atoms with Gasteiger partial charge in [-0.15, -0.1) is 12.4 Å². The lowest BCUT2D eigenvalue weighted by atomic mass is 10.1. The van der Waals surface area contributed by atoms with Crippen LogP contribution in [0.2, 0.25) is 0 Å². The van der Waals surface area contributed by atoms with E-state index in [1.165, 1.54) is 12.1 Å². The number of hydrogen-bond donors (Lipinski definition) is 1. The summed E-state index contributed by atoms with van der Waals surface area (Å²) in [4.78, 5) is 8.73. The van der Waals surface area contributed by atoms with Crippen LogP contribution >= 0.6 is 28.3 Å². The van der Waals surface area contributed by atoms with Crippen LogP contribution < -0.4 is 5.32 Å². The van der Waals surface area contributed by atoms with Crippen molar-refractivity contribution in [2.75, 3.05) is 11.9 Å². The van der Waals surface area contributed by atoms with Gasteiger partial charge >= 0.3 is 0 Å². The highest BCUT2D eigenvalue weighted by Crippen LogP contribution is 2.22. The van der Waals surface area contributed by atoms with Crippen molar-refractivity contribution in [3.8, 4) is 0 Å². The molecule has 23 heavy (non-hydrogen) atoms. The first kappa shape index (κ1) is 18.1. The molecule has 1 fully saturated rings. The normalized spacial score (nSPS) is 16.9. The zero-order valence-corrected chi connectivity index (χ0v) is 14.9. The van der Waals surface area contributed by atoms with Crippen LogP contribution in [-0.4, -0.2) is 22.7 Å². The largest absolute Gasteiger partial charge is 0.378 e. The first-order valence-corrected chi connectivity index (χ1v) is 8.15. The highest BCUT2D eigenvalue weighted by atomic mass is 79.9. The second-order valence-corrected chi connectivity index (χ2v) is 6.15. The standard InChI is InChI=1S/C16H17BrFN3O.ClH/c17-14-10-19-16(20-12-4-1-3-11(18)9-12)21-15(14)7-6-13-5-2-8-22-13;/h1,3-4,9-10,13H,2,5-8H2,(H,19,20,21);1H. The number of ether oxygens (including phenoxy) is 1. The Morgan fingerprint density at radius 2 is 2.26 bits per heavy atom. The van der Waals surface area contributed by atoms with Crippen molar-refractivity contribution < 1.29 is 9.13 Å². The second-order valence-electron chi connectivity index (χ2n) is 5.30. The number of rotatable bonds is 5. The summed E-state index contributed by atoms with van der Waals surface area (Å²) in [5, 5.41) is 3.03. The van der Waals surface area contributed by atoms with Crippen LogP contribution in [0.1, 0.15) is 25.0 Å². The lowest BCUT2D eigenvalue weighted by Gasteiger charge is -2.11. The van der Waals surface area contributed by atoms with Gasteiger partial charge in [0.2, 0.25) is 5.95 Å². The number of aromatic nitrogens is 2. The number of nitrogens with zero attached hydrogens (tertiary/aromatic N) is 2. The highest BCUT2D eigenvalue weighted by Gasteiger charge is 2.16. The Labute approximate surface area is 149 Å². The minimum absolute atomic E-state index is 0. The average molecular weight is 403 g/mol. The lowest BCUT2D eigenvalue weighted by molar-refractivity contribution is 0.104. The van der Waals surface area contributed by atoms with Crippen molar-refractivity contribution in [1.29, 1.82) is 0 Å². The molecule has 1 atom stereocenters. The molecule has 0 radical (unpaired) electrons. The van der Waals surface area contributed by atoms with Gasteiger partial charge < -0.3 is 10.1 Å². The van der Waals surface area contributed by atoms with Crippen LogP contribution in [0.3, 0.4) is 0 Å². The molecular formula is C16H18BrClFN3O. The smallest absolute Gasteiger partial charge is 0.227 e. The maximum Gasteiger partial charge on any atom is 0.227 e. The fraction of sp³-hybridized carbons (Fsp3) is 0.375. The summed E-state index contributed by atoms with van der Waals surface area (Å²) in [5.41, 5.74) is 1.57. The zero-order valence-electron chi connectivity index (χ0n) is 12.5. The zero-order chi connectivity index (χ0) is 15.4. The van der Waals surface area contributed by atoms with E-state index in [-0.39, 0.29) is 18.2 Å². The monoisotopic (exact) mass is 401 g/mol. The summed E-state index contributed by atoms with van der Waals surface area (Å²) in [6, 6.07) is 6.24. The van der Waals surface area contributed by atoms with E-state index in [0.717, 1.165) is 42.5 Å². The van der Waals surface area contributed by atoms with Gasteiger partial charge in [-0.2, -0.15) is 0 Å². The van der Waals surface area contributed by atoms with Crippen molar-refractivity contribution in [1.82, 2.24) is 9.97 Å². The summed E-state index contributed by atoms with van der Waals surface area (Å²) in [6.07, 6.45) is 6.10. The molecule has 124 valence electrons. The fourth-order valence-corrected chi connectivity index (χ4v) is 2.89. The van der Waals surface area contributed by atoms with Crippen LogP contribution in [0, 0.1) is 5.82 Å². The maximum atomic E-state index is 13.2. The van der Waals surface area contributed by atoms with Gasteiger partial charge in [0.15, 0.2) is 0 Å². The molecule has 2 aromatic rings. The quantitative estimate of drug-likeness (QED) is 0.790. The fourth-order valence-electron chi connectivity index (χ4n) is 2.50. The van der Waals surface area contributed by atoms with E-state index in [9.17, 15) is 4.39 Å². The van der Waals surface area contributed by atoms with Crippen molar-refractivity contribution in [2.24, 2.45) is 0 Å².